The first kappa shape index (κ1) is 20.9. The number of likely N-dealkylation sites (tertiary alicyclic amines) is 1. The highest BCUT2D eigenvalue weighted by Crippen LogP contribution is 2.25. The van der Waals surface area contributed by atoms with E-state index < -0.39 is 0 Å². The first-order valence-corrected chi connectivity index (χ1v) is 11.3. The summed E-state index contributed by atoms with van der Waals surface area (Å²) in [6.07, 6.45) is 9.65. The van der Waals surface area contributed by atoms with E-state index in [9.17, 15) is 0 Å². The van der Waals surface area contributed by atoms with E-state index >= 15 is 0 Å². The minimum Gasteiger partial charge on any atom is -0.357 e. The average Bonchev–Trinajstić information content (AvgIpc) is 2.70. The molecule has 3 rings (SSSR count). The van der Waals surface area contributed by atoms with Crippen LogP contribution >= 0.6 is 0 Å². The van der Waals surface area contributed by atoms with E-state index in [-0.39, 0.29) is 0 Å². The van der Waals surface area contributed by atoms with Crippen LogP contribution in [0.1, 0.15) is 51.9 Å². The Hall–Kier alpha value is -0.850. The first-order chi connectivity index (χ1) is 13.2. The standard InChI is InChI=1S/C21H42N6/c1-4-22-21(23-16-20-17-25(2)14-15-26(20)3)24-18-10-12-27(13-11-18)19-8-6-5-7-9-19/h18-20H,4-17H2,1-3H3,(H2,22,23,24). The van der Waals surface area contributed by atoms with Crippen molar-refractivity contribution in [1.82, 2.24) is 25.3 Å². The molecule has 0 spiro atoms. The number of rotatable bonds is 5. The molecule has 2 heterocycles. The van der Waals surface area contributed by atoms with Crippen LogP contribution in [0.3, 0.4) is 0 Å². The van der Waals surface area contributed by atoms with Crippen molar-refractivity contribution in [2.24, 2.45) is 4.99 Å². The molecule has 1 atom stereocenters. The molecule has 0 aromatic heterocycles. The summed E-state index contributed by atoms with van der Waals surface area (Å²) in [5.74, 6) is 1.01. The molecule has 1 aliphatic carbocycles. The number of likely N-dealkylation sites (N-methyl/N-ethyl adjacent to an activating group) is 2. The van der Waals surface area contributed by atoms with Crippen LogP contribution in [0.25, 0.3) is 0 Å². The Labute approximate surface area is 166 Å². The number of guanidine groups is 1. The lowest BCUT2D eigenvalue weighted by molar-refractivity contribution is 0.118. The molecule has 1 saturated carbocycles. The minimum absolute atomic E-state index is 0.521. The highest BCUT2D eigenvalue weighted by Gasteiger charge is 2.27. The molecule has 2 aliphatic heterocycles. The van der Waals surface area contributed by atoms with Gasteiger partial charge in [-0.3, -0.25) is 9.89 Å². The molecule has 6 nitrogen and oxygen atoms in total. The maximum absolute atomic E-state index is 4.94. The summed E-state index contributed by atoms with van der Waals surface area (Å²) in [6, 6.07) is 1.95. The van der Waals surface area contributed by atoms with E-state index in [1.165, 1.54) is 58.0 Å². The number of aliphatic imine (C=N–C) groups is 1. The van der Waals surface area contributed by atoms with Crippen molar-refractivity contribution in [1.29, 1.82) is 0 Å². The molecule has 0 aromatic carbocycles. The van der Waals surface area contributed by atoms with Crippen LogP contribution in [0.15, 0.2) is 4.99 Å². The Morgan fingerprint density at radius 3 is 2.41 bits per heavy atom. The van der Waals surface area contributed by atoms with E-state index in [1.54, 1.807) is 0 Å². The fourth-order valence-corrected chi connectivity index (χ4v) is 4.86. The van der Waals surface area contributed by atoms with Gasteiger partial charge in [0.15, 0.2) is 5.96 Å². The van der Waals surface area contributed by atoms with Crippen LogP contribution in [0, 0.1) is 0 Å². The second-order valence-electron chi connectivity index (χ2n) is 8.86. The van der Waals surface area contributed by atoms with Crippen LogP contribution in [0.4, 0.5) is 0 Å². The van der Waals surface area contributed by atoms with Gasteiger partial charge in [-0.05, 0) is 46.7 Å². The van der Waals surface area contributed by atoms with Crippen LogP contribution < -0.4 is 10.6 Å². The molecule has 2 saturated heterocycles. The van der Waals surface area contributed by atoms with E-state index in [2.05, 4.69) is 46.4 Å². The third-order valence-electron chi connectivity index (χ3n) is 6.75. The number of hydrogen-bond acceptors (Lipinski definition) is 4. The molecule has 27 heavy (non-hydrogen) atoms. The third kappa shape index (κ3) is 6.33. The predicted molar refractivity (Wildman–Crippen MR) is 114 cm³/mol. The number of piperazine rings is 1. The van der Waals surface area contributed by atoms with E-state index in [0.29, 0.717) is 12.1 Å². The SMILES string of the molecule is CCNC(=NCC1CN(C)CCN1C)NC1CCN(C2CCCCC2)CC1. The third-order valence-corrected chi connectivity index (χ3v) is 6.75. The molecule has 3 fully saturated rings. The van der Waals surface area contributed by atoms with E-state index in [1.807, 2.05) is 0 Å². The smallest absolute Gasteiger partial charge is 0.191 e. The average molecular weight is 379 g/mol. The van der Waals surface area contributed by atoms with Gasteiger partial charge in [0, 0.05) is 57.4 Å². The van der Waals surface area contributed by atoms with Crippen LogP contribution in [-0.2, 0) is 0 Å². The van der Waals surface area contributed by atoms with Gasteiger partial charge in [-0.25, -0.2) is 0 Å². The van der Waals surface area contributed by atoms with Crippen molar-refractivity contribution in [3.8, 4) is 0 Å². The van der Waals surface area contributed by atoms with Gasteiger partial charge in [-0.15, -0.1) is 0 Å². The van der Waals surface area contributed by atoms with Gasteiger partial charge in [0.05, 0.1) is 6.54 Å². The summed E-state index contributed by atoms with van der Waals surface area (Å²) in [7, 11) is 4.45. The summed E-state index contributed by atoms with van der Waals surface area (Å²) < 4.78 is 0. The molecule has 6 heteroatoms. The van der Waals surface area contributed by atoms with E-state index in [4.69, 9.17) is 4.99 Å². The van der Waals surface area contributed by atoms with Crippen molar-refractivity contribution in [3.05, 3.63) is 0 Å². The number of nitrogens with zero attached hydrogens (tertiary/aromatic N) is 4. The summed E-state index contributed by atoms with van der Waals surface area (Å²) >= 11 is 0. The lowest BCUT2D eigenvalue weighted by Crippen LogP contribution is -2.53. The van der Waals surface area contributed by atoms with Gasteiger partial charge in [-0.2, -0.15) is 0 Å². The highest BCUT2D eigenvalue weighted by molar-refractivity contribution is 5.80. The lowest BCUT2D eigenvalue weighted by Gasteiger charge is -2.40. The minimum atomic E-state index is 0.521. The number of nitrogens with one attached hydrogen (secondary N) is 2. The van der Waals surface area contributed by atoms with Gasteiger partial charge in [0.1, 0.15) is 0 Å². The summed E-state index contributed by atoms with van der Waals surface area (Å²) in [5, 5.41) is 7.19. The largest absolute Gasteiger partial charge is 0.357 e. The lowest BCUT2D eigenvalue weighted by atomic mass is 9.92. The highest BCUT2D eigenvalue weighted by atomic mass is 15.3. The molecule has 0 aromatic rings. The monoisotopic (exact) mass is 378 g/mol. The zero-order valence-electron chi connectivity index (χ0n) is 17.9. The molecule has 3 aliphatic rings. The van der Waals surface area contributed by atoms with Crippen molar-refractivity contribution in [2.45, 2.75) is 70.0 Å². The fourth-order valence-electron chi connectivity index (χ4n) is 4.86. The van der Waals surface area contributed by atoms with Gasteiger partial charge < -0.3 is 20.4 Å². The van der Waals surface area contributed by atoms with Crippen LogP contribution in [-0.4, -0.2) is 98.7 Å². The van der Waals surface area contributed by atoms with Gasteiger partial charge in [0.2, 0.25) is 0 Å². The Bertz CT molecular complexity index is 454. The molecule has 1 unspecified atom stereocenters. The van der Waals surface area contributed by atoms with Crippen molar-refractivity contribution in [2.75, 3.05) is 59.9 Å². The molecule has 156 valence electrons. The normalized spacial score (nSPS) is 28.4. The Morgan fingerprint density at radius 2 is 1.70 bits per heavy atom. The summed E-state index contributed by atoms with van der Waals surface area (Å²) in [4.78, 5) is 12.6. The molecule has 2 N–H and O–H groups in total. The Morgan fingerprint density at radius 1 is 0.963 bits per heavy atom. The van der Waals surface area contributed by atoms with Crippen LogP contribution in [0.5, 0.6) is 0 Å². The molecule has 0 bridgehead atoms. The topological polar surface area (TPSA) is 46.1 Å². The van der Waals surface area contributed by atoms with Crippen molar-refractivity contribution in [3.63, 3.8) is 0 Å². The molecular weight excluding hydrogens is 336 g/mol. The molecule has 0 amide bonds. The van der Waals surface area contributed by atoms with Gasteiger partial charge in [-0.1, -0.05) is 19.3 Å². The van der Waals surface area contributed by atoms with Gasteiger partial charge in [0.25, 0.3) is 0 Å². The quantitative estimate of drug-likeness (QED) is 0.562. The Kier molecular flexibility index (Phi) is 8.22. The fraction of sp³-hybridized carbons (Fsp3) is 0.952. The second-order valence-corrected chi connectivity index (χ2v) is 8.86. The maximum Gasteiger partial charge on any atom is 0.191 e. The predicted octanol–water partition coefficient (Wildman–Crippen LogP) is 1.58. The zero-order chi connectivity index (χ0) is 19.1. The summed E-state index contributed by atoms with van der Waals surface area (Å²) in [6.45, 7) is 9.86. The molecular formula is C21H42N6. The Balaban J connectivity index is 1.46. The zero-order valence-corrected chi connectivity index (χ0v) is 17.9. The van der Waals surface area contributed by atoms with Gasteiger partial charge >= 0.3 is 0 Å². The number of hydrogen-bond donors (Lipinski definition) is 2. The van der Waals surface area contributed by atoms with E-state index in [0.717, 1.165) is 44.7 Å². The summed E-state index contributed by atoms with van der Waals surface area (Å²) in [5.41, 5.74) is 0. The molecule has 0 radical (unpaired) electrons. The van der Waals surface area contributed by atoms with Crippen LogP contribution in [0.2, 0.25) is 0 Å². The van der Waals surface area contributed by atoms with Crippen molar-refractivity contribution < 1.29 is 0 Å². The second kappa shape index (κ2) is 10.6. The maximum atomic E-state index is 4.94. The first-order valence-electron chi connectivity index (χ1n) is 11.3. The number of piperidine rings is 1. The van der Waals surface area contributed by atoms with Crippen molar-refractivity contribution >= 4 is 5.96 Å².